The molecule has 2 atom stereocenters. The Balaban J connectivity index is 1.86. The number of fused-ring (bicyclic) bond motifs is 1. The molecule has 2 heterocycles. The van der Waals surface area contributed by atoms with Crippen molar-refractivity contribution in [2.24, 2.45) is 0 Å². The third-order valence-electron chi connectivity index (χ3n) is 4.09. The number of rotatable bonds is 2. The fourth-order valence-corrected chi connectivity index (χ4v) is 3.13. The molecule has 1 saturated heterocycles. The molecule has 0 spiro atoms. The average molecular weight is 247 g/mol. The number of ether oxygens (including phenoxy) is 2. The van der Waals surface area contributed by atoms with E-state index in [0.717, 1.165) is 18.9 Å². The van der Waals surface area contributed by atoms with Crippen molar-refractivity contribution in [1.29, 1.82) is 0 Å². The Bertz CT molecular complexity index is 413. The molecule has 3 heteroatoms. The van der Waals surface area contributed by atoms with E-state index in [0.29, 0.717) is 12.0 Å². The molecule has 18 heavy (non-hydrogen) atoms. The van der Waals surface area contributed by atoms with E-state index in [2.05, 4.69) is 23.5 Å². The van der Waals surface area contributed by atoms with Gasteiger partial charge in [-0.05, 0) is 37.3 Å². The van der Waals surface area contributed by atoms with Crippen molar-refractivity contribution in [1.82, 2.24) is 0 Å². The topological polar surface area (TPSA) is 30.5 Å². The molecule has 0 bridgehead atoms. The van der Waals surface area contributed by atoms with E-state index < -0.39 is 0 Å². The van der Waals surface area contributed by atoms with Crippen molar-refractivity contribution in [2.75, 3.05) is 25.6 Å². The normalized spacial score (nSPS) is 27.2. The van der Waals surface area contributed by atoms with Gasteiger partial charge in [-0.25, -0.2) is 0 Å². The first kappa shape index (κ1) is 11.8. The Labute approximate surface area is 108 Å². The molecule has 0 amide bonds. The summed E-state index contributed by atoms with van der Waals surface area (Å²) < 4.78 is 11.3. The summed E-state index contributed by atoms with van der Waals surface area (Å²) in [6.07, 6.45) is 5.31. The first-order valence-electron chi connectivity index (χ1n) is 6.92. The smallest absolute Gasteiger partial charge is 0.120 e. The van der Waals surface area contributed by atoms with Crippen molar-refractivity contribution in [2.45, 2.75) is 37.7 Å². The van der Waals surface area contributed by atoms with Crippen LogP contribution < -0.4 is 10.1 Å². The zero-order valence-electron chi connectivity index (χ0n) is 10.9. The van der Waals surface area contributed by atoms with Gasteiger partial charge in [0.05, 0.1) is 13.2 Å². The zero-order valence-corrected chi connectivity index (χ0v) is 10.9. The summed E-state index contributed by atoms with van der Waals surface area (Å²) in [7, 11) is 1.71. The highest BCUT2D eigenvalue weighted by atomic mass is 16.5. The molecule has 1 N–H and O–H groups in total. The minimum Gasteiger partial charge on any atom is -0.497 e. The van der Waals surface area contributed by atoms with Crippen LogP contribution in [-0.4, -0.2) is 26.4 Å². The van der Waals surface area contributed by atoms with Gasteiger partial charge in [0.1, 0.15) is 5.75 Å². The molecule has 1 aromatic rings. The Morgan fingerprint density at radius 3 is 3.00 bits per heavy atom. The van der Waals surface area contributed by atoms with E-state index in [4.69, 9.17) is 9.47 Å². The van der Waals surface area contributed by atoms with Crippen molar-refractivity contribution < 1.29 is 9.47 Å². The van der Waals surface area contributed by atoms with Gasteiger partial charge in [-0.15, -0.1) is 0 Å². The van der Waals surface area contributed by atoms with E-state index in [-0.39, 0.29) is 0 Å². The lowest BCUT2D eigenvalue weighted by molar-refractivity contribution is -0.00263. The minimum atomic E-state index is 0.410. The predicted molar refractivity (Wildman–Crippen MR) is 72.4 cm³/mol. The third-order valence-corrected chi connectivity index (χ3v) is 4.09. The van der Waals surface area contributed by atoms with Gasteiger partial charge < -0.3 is 14.8 Å². The third kappa shape index (κ3) is 2.19. The highest BCUT2D eigenvalue weighted by molar-refractivity contribution is 5.58. The van der Waals surface area contributed by atoms with Gasteiger partial charge in [0.15, 0.2) is 0 Å². The van der Waals surface area contributed by atoms with Crippen LogP contribution in [0.3, 0.4) is 0 Å². The van der Waals surface area contributed by atoms with E-state index in [1.165, 1.54) is 36.9 Å². The summed E-state index contributed by atoms with van der Waals surface area (Å²) in [5.74, 6) is 1.47. The molecule has 0 aliphatic carbocycles. The van der Waals surface area contributed by atoms with Gasteiger partial charge in [-0.2, -0.15) is 0 Å². The van der Waals surface area contributed by atoms with Crippen molar-refractivity contribution in [3.63, 3.8) is 0 Å². The molecule has 1 aromatic carbocycles. The fourth-order valence-electron chi connectivity index (χ4n) is 3.13. The molecule has 1 fully saturated rings. The second-order valence-electron chi connectivity index (χ2n) is 5.18. The lowest BCUT2D eigenvalue weighted by atomic mass is 9.83. The van der Waals surface area contributed by atoms with Gasteiger partial charge in [-0.1, -0.05) is 6.07 Å². The number of hydrogen-bond acceptors (Lipinski definition) is 3. The summed E-state index contributed by atoms with van der Waals surface area (Å²) >= 11 is 0. The lowest BCUT2D eigenvalue weighted by Crippen LogP contribution is -2.31. The predicted octanol–water partition coefficient (Wildman–Crippen LogP) is 3.16. The van der Waals surface area contributed by atoms with Gasteiger partial charge >= 0.3 is 0 Å². The quantitative estimate of drug-likeness (QED) is 0.870. The van der Waals surface area contributed by atoms with E-state index in [1.807, 2.05) is 0 Å². The standard InChI is InChI=1S/C15H21NO2/c1-17-11-5-6-12-13(7-8-16-14(12)10-11)15-4-2-3-9-18-15/h5-6,10,13,15-16H,2-4,7-9H2,1H3. The van der Waals surface area contributed by atoms with Crippen molar-refractivity contribution in [3.8, 4) is 5.75 Å². The number of methoxy groups -OCH3 is 1. The summed E-state index contributed by atoms with van der Waals surface area (Å²) in [6, 6.07) is 6.36. The average Bonchev–Trinajstić information content (AvgIpc) is 2.47. The molecule has 98 valence electrons. The Hall–Kier alpha value is -1.22. The van der Waals surface area contributed by atoms with E-state index in [1.54, 1.807) is 7.11 Å². The molecule has 0 saturated carbocycles. The van der Waals surface area contributed by atoms with Crippen LogP contribution >= 0.6 is 0 Å². The lowest BCUT2D eigenvalue weighted by Gasteiger charge is -2.35. The molecule has 2 unspecified atom stereocenters. The summed E-state index contributed by atoms with van der Waals surface area (Å²) in [4.78, 5) is 0. The SMILES string of the molecule is COc1ccc2c(c1)NCCC2C1CCCCO1. The summed E-state index contributed by atoms with van der Waals surface area (Å²) in [5, 5.41) is 3.47. The Kier molecular flexibility index (Phi) is 3.41. The van der Waals surface area contributed by atoms with E-state index >= 15 is 0 Å². The molecule has 3 rings (SSSR count). The zero-order chi connectivity index (χ0) is 12.4. The second kappa shape index (κ2) is 5.19. The van der Waals surface area contributed by atoms with E-state index in [9.17, 15) is 0 Å². The molecular weight excluding hydrogens is 226 g/mol. The van der Waals surface area contributed by atoms with Crippen molar-refractivity contribution >= 4 is 5.69 Å². The monoisotopic (exact) mass is 247 g/mol. The van der Waals surface area contributed by atoms with Crippen LogP contribution in [-0.2, 0) is 4.74 Å². The maximum Gasteiger partial charge on any atom is 0.120 e. The van der Waals surface area contributed by atoms with Crippen molar-refractivity contribution in [3.05, 3.63) is 23.8 Å². The van der Waals surface area contributed by atoms with Crippen LogP contribution in [0.25, 0.3) is 0 Å². The van der Waals surface area contributed by atoms with Gasteiger partial charge in [0.2, 0.25) is 0 Å². The molecule has 0 aromatic heterocycles. The molecule has 2 aliphatic heterocycles. The molecule has 0 radical (unpaired) electrons. The summed E-state index contributed by atoms with van der Waals surface area (Å²) in [5.41, 5.74) is 2.62. The van der Waals surface area contributed by atoms with Crippen LogP contribution in [0.15, 0.2) is 18.2 Å². The first-order valence-corrected chi connectivity index (χ1v) is 6.92. The van der Waals surface area contributed by atoms with Crippen LogP contribution in [0.1, 0.15) is 37.2 Å². The van der Waals surface area contributed by atoms with Gasteiger partial charge in [0.25, 0.3) is 0 Å². The number of anilines is 1. The van der Waals surface area contributed by atoms with Gasteiger partial charge in [0, 0.05) is 30.8 Å². The second-order valence-corrected chi connectivity index (χ2v) is 5.18. The number of hydrogen-bond donors (Lipinski definition) is 1. The molecule has 2 aliphatic rings. The minimum absolute atomic E-state index is 0.410. The van der Waals surface area contributed by atoms with Crippen LogP contribution in [0, 0.1) is 0 Å². The number of nitrogens with one attached hydrogen (secondary N) is 1. The maximum absolute atomic E-state index is 5.97. The highest BCUT2D eigenvalue weighted by Crippen LogP contribution is 2.39. The Morgan fingerprint density at radius 2 is 2.22 bits per heavy atom. The Morgan fingerprint density at radius 1 is 1.28 bits per heavy atom. The van der Waals surface area contributed by atoms with Crippen LogP contribution in [0.4, 0.5) is 5.69 Å². The first-order chi connectivity index (χ1) is 8.88. The number of benzene rings is 1. The highest BCUT2D eigenvalue weighted by Gasteiger charge is 2.29. The molecule has 3 nitrogen and oxygen atoms in total. The largest absolute Gasteiger partial charge is 0.497 e. The van der Waals surface area contributed by atoms with Gasteiger partial charge in [-0.3, -0.25) is 0 Å². The van der Waals surface area contributed by atoms with Crippen LogP contribution in [0.5, 0.6) is 5.75 Å². The van der Waals surface area contributed by atoms with Crippen LogP contribution in [0.2, 0.25) is 0 Å². The fraction of sp³-hybridized carbons (Fsp3) is 0.600. The molecular formula is C15H21NO2. The summed E-state index contributed by atoms with van der Waals surface area (Å²) in [6.45, 7) is 1.96. The maximum atomic E-state index is 5.97.